The predicted molar refractivity (Wildman–Crippen MR) is 170 cm³/mol. The molecule has 3 amide bonds. The Kier molecular flexibility index (Phi) is 10.4. The summed E-state index contributed by atoms with van der Waals surface area (Å²) < 4.78 is 5.42. The van der Waals surface area contributed by atoms with Crippen LogP contribution in [0.2, 0.25) is 5.02 Å². The first-order valence-corrected chi connectivity index (χ1v) is 14.4. The van der Waals surface area contributed by atoms with Crippen LogP contribution in [0, 0.1) is 6.92 Å². The van der Waals surface area contributed by atoms with Gasteiger partial charge in [0.2, 0.25) is 5.91 Å². The highest BCUT2D eigenvalue weighted by molar-refractivity contribution is 8.00. The molecule has 7 nitrogen and oxygen atoms in total. The SMILES string of the molecule is COc1ccccc1/C=C(/NC(=O)c1ccccc1)C(=O)Nc1cccc(SC(C)C(=O)Nc2cc(Cl)ccc2C)c1. The molecule has 0 radical (unpaired) electrons. The summed E-state index contributed by atoms with van der Waals surface area (Å²) in [6.45, 7) is 3.70. The molecule has 0 aliphatic carbocycles. The highest BCUT2D eigenvalue weighted by Gasteiger charge is 2.18. The monoisotopic (exact) mass is 599 g/mol. The summed E-state index contributed by atoms with van der Waals surface area (Å²) in [4.78, 5) is 40.1. The Bertz CT molecular complexity index is 1620. The van der Waals surface area contributed by atoms with Crippen LogP contribution < -0.4 is 20.7 Å². The first-order valence-electron chi connectivity index (χ1n) is 13.1. The van der Waals surface area contributed by atoms with Crippen molar-refractivity contribution < 1.29 is 19.1 Å². The van der Waals surface area contributed by atoms with Crippen molar-refractivity contribution in [2.45, 2.75) is 24.0 Å². The van der Waals surface area contributed by atoms with Gasteiger partial charge in [-0.2, -0.15) is 0 Å². The summed E-state index contributed by atoms with van der Waals surface area (Å²) in [7, 11) is 1.54. The van der Waals surface area contributed by atoms with E-state index in [4.69, 9.17) is 16.3 Å². The van der Waals surface area contributed by atoms with Gasteiger partial charge in [-0.1, -0.05) is 60.1 Å². The number of methoxy groups -OCH3 is 1. The fraction of sp³-hybridized carbons (Fsp3) is 0.121. The molecule has 1 unspecified atom stereocenters. The van der Waals surface area contributed by atoms with E-state index in [9.17, 15) is 14.4 Å². The van der Waals surface area contributed by atoms with Gasteiger partial charge in [-0.15, -0.1) is 11.8 Å². The molecule has 9 heteroatoms. The number of benzene rings is 4. The van der Waals surface area contributed by atoms with Gasteiger partial charge in [-0.25, -0.2) is 0 Å². The minimum Gasteiger partial charge on any atom is -0.496 e. The van der Waals surface area contributed by atoms with E-state index in [0.29, 0.717) is 33.3 Å². The van der Waals surface area contributed by atoms with Crippen LogP contribution in [0.25, 0.3) is 6.08 Å². The summed E-state index contributed by atoms with van der Waals surface area (Å²) in [6.07, 6.45) is 1.57. The van der Waals surface area contributed by atoms with Crippen molar-refractivity contribution in [2.75, 3.05) is 17.7 Å². The molecular formula is C33H30ClN3O4S. The molecule has 0 bridgehead atoms. The number of hydrogen-bond acceptors (Lipinski definition) is 5. The van der Waals surface area contributed by atoms with Crippen LogP contribution in [0.15, 0.2) is 108 Å². The molecule has 0 fully saturated rings. The number of ether oxygens (including phenoxy) is 1. The molecule has 4 rings (SSSR count). The molecule has 1 atom stereocenters. The van der Waals surface area contributed by atoms with Crippen LogP contribution in [0.5, 0.6) is 5.75 Å². The summed E-state index contributed by atoms with van der Waals surface area (Å²) in [5.74, 6) is -0.568. The number of carbonyl (C=O) groups is 3. The molecule has 0 saturated carbocycles. The second-order valence-corrected chi connectivity index (χ2v) is 11.2. The highest BCUT2D eigenvalue weighted by Crippen LogP contribution is 2.28. The number of carbonyl (C=O) groups excluding carboxylic acids is 3. The maximum Gasteiger partial charge on any atom is 0.272 e. The smallest absolute Gasteiger partial charge is 0.272 e. The Morgan fingerprint density at radius 1 is 0.881 bits per heavy atom. The first-order chi connectivity index (χ1) is 20.2. The number of amides is 3. The number of anilines is 2. The number of aryl methyl sites for hydroxylation is 1. The van der Waals surface area contributed by atoms with Crippen molar-refractivity contribution in [1.29, 1.82) is 0 Å². The maximum atomic E-state index is 13.5. The maximum absolute atomic E-state index is 13.5. The van der Waals surface area contributed by atoms with Gasteiger partial charge in [-0.05, 0) is 74.0 Å². The molecule has 0 saturated heterocycles. The molecule has 0 heterocycles. The summed E-state index contributed by atoms with van der Waals surface area (Å²) in [5, 5.41) is 8.63. The lowest BCUT2D eigenvalue weighted by Gasteiger charge is -2.15. The van der Waals surface area contributed by atoms with E-state index < -0.39 is 17.1 Å². The average molecular weight is 600 g/mol. The number of para-hydroxylation sites is 1. The van der Waals surface area contributed by atoms with Crippen LogP contribution in [0.3, 0.4) is 0 Å². The minimum atomic E-state index is -0.519. The van der Waals surface area contributed by atoms with Crippen LogP contribution >= 0.6 is 23.4 Å². The minimum absolute atomic E-state index is 0.0380. The van der Waals surface area contributed by atoms with Gasteiger partial charge in [-0.3, -0.25) is 14.4 Å². The van der Waals surface area contributed by atoms with Crippen molar-refractivity contribution in [1.82, 2.24) is 5.32 Å². The standard InChI is InChI=1S/C33H30ClN3O4S/c1-21-16-17-25(34)19-28(21)36-31(38)22(2)42-27-14-9-13-26(20-27)35-33(40)29(18-24-12-7-8-15-30(24)41-3)37-32(39)23-10-5-4-6-11-23/h4-20,22H,1-3H3,(H,35,40)(H,36,38)(H,37,39)/b29-18+. The quantitative estimate of drug-likeness (QED) is 0.132. The lowest BCUT2D eigenvalue weighted by Crippen LogP contribution is -2.30. The Balaban J connectivity index is 1.51. The third-order valence-corrected chi connectivity index (χ3v) is 7.53. The lowest BCUT2D eigenvalue weighted by molar-refractivity contribution is -0.115. The molecule has 4 aromatic rings. The van der Waals surface area contributed by atoms with Gasteiger partial charge >= 0.3 is 0 Å². The Hall–Kier alpha value is -4.53. The molecule has 0 aliphatic rings. The van der Waals surface area contributed by atoms with E-state index in [0.717, 1.165) is 10.5 Å². The number of nitrogens with one attached hydrogen (secondary N) is 3. The van der Waals surface area contributed by atoms with Crippen molar-refractivity contribution in [3.63, 3.8) is 0 Å². The highest BCUT2D eigenvalue weighted by atomic mass is 35.5. The molecule has 42 heavy (non-hydrogen) atoms. The van der Waals surface area contributed by atoms with Crippen LogP contribution in [-0.4, -0.2) is 30.1 Å². The zero-order valence-corrected chi connectivity index (χ0v) is 24.9. The van der Waals surface area contributed by atoms with E-state index in [2.05, 4.69) is 16.0 Å². The van der Waals surface area contributed by atoms with Gasteiger partial charge < -0.3 is 20.7 Å². The summed E-state index contributed by atoms with van der Waals surface area (Å²) >= 11 is 7.43. The van der Waals surface area contributed by atoms with E-state index in [1.165, 1.54) is 18.9 Å². The van der Waals surface area contributed by atoms with Crippen LogP contribution in [-0.2, 0) is 9.59 Å². The van der Waals surface area contributed by atoms with Gasteiger partial charge in [0.15, 0.2) is 0 Å². The average Bonchev–Trinajstić information content (AvgIpc) is 2.99. The van der Waals surface area contributed by atoms with Crippen molar-refractivity contribution in [2.24, 2.45) is 0 Å². The van der Waals surface area contributed by atoms with Crippen molar-refractivity contribution in [3.05, 3.63) is 124 Å². The van der Waals surface area contributed by atoms with E-state index >= 15 is 0 Å². The van der Waals surface area contributed by atoms with Crippen LogP contribution in [0.4, 0.5) is 11.4 Å². The Morgan fingerprint density at radius 3 is 2.38 bits per heavy atom. The van der Waals surface area contributed by atoms with E-state index in [1.54, 1.807) is 79.7 Å². The zero-order valence-electron chi connectivity index (χ0n) is 23.3. The van der Waals surface area contributed by atoms with Gasteiger partial charge in [0.25, 0.3) is 11.8 Å². The molecule has 4 aromatic carbocycles. The summed E-state index contributed by atoms with van der Waals surface area (Å²) in [5.41, 5.74) is 3.14. The molecule has 0 aliphatic heterocycles. The Labute approximate surface area is 254 Å². The Morgan fingerprint density at radius 2 is 1.62 bits per heavy atom. The second kappa shape index (κ2) is 14.4. The molecule has 0 spiro atoms. The van der Waals surface area contributed by atoms with Gasteiger partial charge in [0, 0.05) is 32.4 Å². The van der Waals surface area contributed by atoms with Gasteiger partial charge in [0.05, 0.1) is 12.4 Å². The second-order valence-electron chi connectivity index (χ2n) is 9.31. The van der Waals surface area contributed by atoms with Gasteiger partial charge in [0.1, 0.15) is 11.4 Å². The third-order valence-electron chi connectivity index (χ3n) is 6.20. The predicted octanol–water partition coefficient (Wildman–Crippen LogP) is 7.19. The molecular weight excluding hydrogens is 570 g/mol. The van der Waals surface area contributed by atoms with Crippen molar-refractivity contribution in [3.8, 4) is 5.75 Å². The fourth-order valence-corrected chi connectivity index (χ4v) is 5.05. The number of thioether (sulfide) groups is 1. The number of halogens is 1. The number of rotatable bonds is 10. The number of hydrogen-bond donors (Lipinski definition) is 3. The van der Waals surface area contributed by atoms with E-state index in [-0.39, 0.29) is 11.6 Å². The summed E-state index contributed by atoms with van der Waals surface area (Å²) in [6, 6.07) is 28.3. The van der Waals surface area contributed by atoms with Crippen molar-refractivity contribution >= 4 is 58.5 Å². The lowest BCUT2D eigenvalue weighted by atomic mass is 10.1. The topological polar surface area (TPSA) is 96.5 Å². The first kappa shape index (κ1) is 30.4. The van der Waals surface area contributed by atoms with E-state index in [1.807, 2.05) is 37.3 Å². The molecule has 0 aromatic heterocycles. The third kappa shape index (κ3) is 8.25. The largest absolute Gasteiger partial charge is 0.496 e. The normalized spacial score (nSPS) is 11.8. The molecule has 3 N–H and O–H groups in total. The molecule has 214 valence electrons. The fourth-order valence-electron chi connectivity index (χ4n) is 3.95. The zero-order chi connectivity index (χ0) is 30.1. The van der Waals surface area contributed by atoms with Crippen LogP contribution in [0.1, 0.15) is 28.4 Å².